The fourth-order valence-electron chi connectivity index (χ4n) is 6.40. The minimum absolute atomic E-state index is 0.0764. The van der Waals surface area contributed by atoms with Crippen LogP contribution in [0.5, 0.6) is 0 Å². The predicted octanol–water partition coefficient (Wildman–Crippen LogP) is 6.48. The third kappa shape index (κ3) is 7.20. The zero-order valence-electron chi connectivity index (χ0n) is 27.3. The number of aromatic amines is 1. The first-order valence-corrected chi connectivity index (χ1v) is 16.3. The van der Waals surface area contributed by atoms with Crippen LogP contribution in [-0.2, 0) is 25.5 Å². The number of halogens is 1. The maximum Gasteiger partial charge on any atom is 0.410 e. The monoisotopic (exact) mass is 653 g/mol. The van der Waals surface area contributed by atoms with Gasteiger partial charge in [0, 0.05) is 40.9 Å². The van der Waals surface area contributed by atoms with Crippen molar-refractivity contribution in [1.82, 2.24) is 14.8 Å². The normalized spacial score (nSPS) is 17.8. The van der Waals surface area contributed by atoms with Gasteiger partial charge in [-0.2, -0.15) is 0 Å². The number of nitrogens with one attached hydrogen (secondary N) is 3. The standard InChI is InChI=1S/C37H40FN5O5/c1-37(2,3)48-36(47)43-20-8-12-30(43)35(46)40-26-17-18-28-27(22-26)32(38)33(41-28)24-13-15-25(16-14-24)39-34(45)29-11-7-19-42(29)31(44)21-23-9-5-4-6-10-23/h4-6,9-10,13-18,22,29-30,41H,7-8,11-12,19-21H2,1-3H3,(H,39,45)(H,40,46)/t29-,30-/m0/s1. The van der Waals surface area contributed by atoms with Crippen LogP contribution in [0.1, 0.15) is 52.0 Å². The molecular weight excluding hydrogens is 613 g/mol. The van der Waals surface area contributed by atoms with Crippen molar-refractivity contribution < 1.29 is 28.3 Å². The number of rotatable bonds is 7. The van der Waals surface area contributed by atoms with Gasteiger partial charge < -0.3 is 25.3 Å². The molecule has 250 valence electrons. The number of H-pyrrole nitrogens is 1. The Morgan fingerprint density at radius 1 is 0.833 bits per heavy atom. The molecule has 3 N–H and O–H groups in total. The fourth-order valence-corrected chi connectivity index (χ4v) is 6.40. The third-order valence-corrected chi connectivity index (χ3v) is 8.70. The first kappa shape index (κ1) is 32.7. The molecule has 2 aliphatic heterocycles. The average Bonchev–Trinajstić information content (AvgIpc) is 3.81. The van der Waals surface area contributed by atoms with Gasteiger partial charge in [-0.1, -0.05) is 42.5 Å². The SMILES string of the molecule is CC(C)(C)OC(=O)N1CCC[C@H]1C(=O)Nc1ccc2[nH]c(-c3ccc(NC(=O)[C@@H]4CCCN4C(=O)Cc4ccccc4)cc3)c(F)c2c1. The zero-order chi connectivity index (χ0) is 34.0. The second-order valence-electron chi connectivity index (χ2n) is 13.4. The van der Waals surface area contributed by atoms with Crippen LogP contribution >= 0.6 is 0 Å². The van der Waals surface area contributed by atoms with Gasteiger partial charge in [0.05, 0.1) is 12.1 Å². The van der Waals surface area contributed by atoms with Crippen LogP contribution < -0.4 is 10.6 Å². The van der Waals surface area contributed by atoms with Crippen LogP contribution in [0.2, 0.25) is 0 Å². The maximum absolute atomic E-state index is 15.7. The molecular formula is C37H40FN5O5. The summed E-state index contributed by atoms with van der Waals surface area (Å²) in [7, 11) is 0. The van der Waals surface area contributed by atoms with E-state index in [2.05, 4.69) is 15.6 Å². The molecule has 2 fully saturated rings. The Balaban J connectivity index is 1.10. The van der Waals surface area contributed by atoms with Crippen molar-refractivity contribution in [2.24, 2.45) is 0 Å². The molecule has 0 unspecified atom stereocenters. The minimum Gasteiger partial charge on any atom is -0.444 e. The van der Waals surface area contributed by atoms with Gasteiger partial charge in [0.1, 0.15) is 17.7 Å². The molecule has 48 heavy (non-hydrogen) atoms. The van der Waals surface area contributed by atoms with E-state index in [9.17, 15) is 19.2 Å². The Bertz CT molecular complexity index is 1830. The highest BCUT2D eigenvalue weighted by molar-refractivity contribution is 6.00. The number of hydrogen-bond donors (Lipinski definition) is 3. The molecule has 2 aliphatic rings. The molecule has 3 heterocycles. The first-order valence-electron chi connectivity index (χ1n) is 16.3. The summed E-state index contributed by atoms with van der Waals surface area (Å²) in [4.78, 5) is 58.2. The lowest BCUT2D eigenvalue weighted by atomic mass is 10.1. The van der Waals surface area contributed by atoms with Crippen molar-refractivity contribution in [2.45, 2.75) is 70.6 Å². The van der Waals surface area contributed by atoms with E-state index >= 15 is 4.39 Å². The molecule has 0 saturated carbocycles. The first-order chi connectivity index (χ1) is 23.0. The van der Waals surface area contributed by atoms with Crippen LogP contribution in [0.15, 0.2) is 72.8 Å². The minimum atomic E-state index is -0.675. The summed E-state index contributed by atoms with van der Waals surface area (Å²) >= 11 is 0. The number of aromatic nitrogens is 1. The lowest BCUT2D eigenvalue weighted by molar-refractivity contribution is -0.136. The fraction of sp³-hybridized carbons (Fsp3) is 0.351. The van der Waals surface area contributed by atoms with E-state index in [1.807, 2.05) is 30.3 Å². The summed E-state index contributed by atoms with van der Waals surface area (Å²) in [6.07, 6.45) is 2.26. The van der Waals surface area contributed by atoms with Gasteiger partial charge in [-0.3, -0.25) is 19.3 Å². The summed E-state index contributed by atoms with van der Waals surface area (Å²) in [5, 5.41) is 6.05. The number of carbonyl (C=O) groups excluding carboxylic acids is 4. The number of amides is 4. The number of nitrogens with zero attached hydrogens (tertiary/aromatic N) is 2. The molecule has 2 saturated heterocycles. The largest absolute Gasteiger partial charge is 0.444 e. The van der Waals surface area contributed by atoms with Gasteiger partial charge in [0.2, 0.25) is 17.7 Å². The summed E-state index contributed by atoms with van der Waals surface area (Å²) < 4.78 is 21.2. The average molecular weight is 654 g/mol. The topological polar surface area (TPSA) is 124 Å². The summed E-state index contributed by atoms with van der Waals surface area (Å²) in [6.45, 7) is 6.30. The number of carbonyl (C=O) groups is 4. The van der Waals surface area contributed by atoms with E-state index in [1.54, 1.807) is 68.1 Å². The summed E-state index contributed by atoms with van der Waals surface area (Å²) in [5.41, 5.74) is 2.58. The molecule has 0 spiro atoms. The zero-order valence-corrected chi connectivity index (χ0v) is 27.3. The van der Waals surface area contributed by atoms with Crippen molar-refractivity contribution in [3.05, 3.63) is 84.2 Å². The molecule has 1 aromatic heterocycles. The molecule has 11 heteroatoms. The van der Waals surface area contributed by atoms with E-state index in [0.29, 0.717) is 60.2 Å². The van der Waals surface area contributed by atoms with Gasteiger partial charge in [-0.05, 0) is 82.3 Å². The van der Waals surface area contributed by atoms with Crippen molar-refractivity contribution in [3.8, 4) is 11.3 Å². The molecule has 3 aromatic carbocycles. The highest BCUT2D eigenvalue weighted by Gasteiger charge is 2.37. The summed E-state index contributed by atoms with van der Waals surface area (Å²) in [5.74, 6) is -1.16. The molecule has 4 aromatic rings. The lowest BCUT2D eigenvalue weighted by Gasteiger charge is -2.28. The van der Waals surface area contributed by atoms with E-state index in [1.165, 1.54) is 4.90 Å². The van der Waals surface area contributed by atoms with Gasteiger partial charge in [-0.25, -0.2) is 9.18 Å². The van der Waals surface area contributed by atoms with Gasteiger partial charge in [0.15, 0.2) is 5.82 Å². The summed E-state index contributed by atoms with van der Waals surface area (Å²) in [6, 6.07) is 20.0. The van der Waals surface area contributed by atoms with Gasteiger partial charge in [-0.15, -0.1) is 0 Å². The lowest BCUT2D eigenvalue weighted by Crippen LogP contribution is -2.45. The molecule has 0 radical (unpaired) electrons. The predicted molar refractivity (Wildman–Crippen MR) is 182 cm³/mol. The Labute approximate surface area is 278 Å². The molecule has 0 bridgehead atoms. The number of benzene rings is 3. The van der Waals surface area contributed by atoms with E-state index in [0.717, 1.165) is 12.0 Å². The Kier molecular flexibility index (Phi) is 9.21. The Hall–Kier alpha value is -5.19. The van der Waals surface area contributed by atoms with Gasteiger partial charge >= 0.3 is 6.09 Å². The van der Waals surface area contributed by atoms with E-state index in [-0.39, 0.29) is 29.8 Å². The highest BCUT2D eigenvalue weighted by Crippen LogP contribution is 2.32. The molecule has 6 rings (SSSR count). The molecule has 10 nitrogen and oxygen atoms in total. The third-order valence-electron chi connectivity index (χ3n) is 8.70. The number of hydrogen-bond acceptors (Lipinski definition) is 5. The number of ether oxygens (including phenoxy) is 1. The number of anilines is 2. The second-order valence-corrected chi connectivity index (χ2v) is 13.4. The van der Waals surface area contributed by atoms with Crippen molar-refractivity contribution in [1.29, 1.82) is 0 Å². The van der Waals surface area contributed by atoms with E-state index < -0.39 is 29.6 Å². The highest BCUT2D eigenvalue weighted by atomic mass is 19.1. The quantitative estimate of drug-likeness (QED) is 0.211. The van der Waals surface area contributed by atoms with Crippen molar-refractivity contribution in [3.63, 3.8) is 0 Å². The van der Waals surface area contributed by atoms with Crippen molar-refractivity contribution in [2.75, 3.05) is 23.7 Å². The molecule has 0 aliphatic carbocycles. The Morgan fingerprint density at radius 3 is 2.10 bits per heavy atom. The number of fused-ring (bicyclic) bond motifs is 1. The van der Waals surface area contributed by atoms with E-state index in [4.69, 9.17) is 4.74 Å². The van der Waals surface area contributed by atoms with Crippen LogP contribution in [0, 0.1) is 5.82 Å². The van der Waals surface area contributed by atoms with Crippen LogP contribution in [0.3, 0.4) is 0 Å². The smallest absolute Gasteiger partial charge is 0.410 e. The van der Waals surface area contributed by atoms with Gasteiger partial charge in [0.25, 0.3) is 0 Å². The maximum atomic E-state index is 15.7. The van der Waals surface area contributed by atoms with Crippen LogP contribution in [-0.4, -0.2) is 69.4 Å². The van der Waals surface area contributed by atoms with Crippen molar-refractivity contribution >= 4 is 46.1 Å². The second kappa shape index (κ2) is 13.5. The molecule has 4 amide bonds. The number of likely N-dealkylation sites (tertiary alicyclic amines) is 2. The Morgan fingerprint density at radius 2 is 1.44 bits per heavy atom. The van der Waals surface area contributed by atoms with Crippen LogP contribution in [0.4, 0.5) is 20.6 Å². The molecule has 2 atom stereocenters. The van der Waals surface area contributed by atoms with Crippen LogP contribution in [0.25, 0.3) is 22.2 Å².